The van der Waals surface area contributed by atoms with Crippen LogP contribution in [0, 0.1) is 0 Å². The lowest BCUT2D eigenvalue weighted by Gasteiger charge is -2.26. The first-order chi connectivity index (χ1) is 25.3. The van der Waals surface area contributed by atoms with Gasteiger partial charge in [0.2, 0.25) is 11.8 Å². The Kier molecular flexibility index (Phi) is 11.2. The fourth-order valence-electron chi connectivity index (χ4n) is 6.76. The first kappa shape index (κ1) is 36.2. The van der Waals surface area contributed by atoms with Gasteiger partial charge in [-0.2, -0.15) is 0 Å². The Balaban J connectivity index is 1.46. The van der Waals surface area contributed by atoms with Crippen molar-refractivity contribution in [2.75, 3.05) is 51.2 Å². The van der Waals surface area contributed by atoms with Gasteiger partial charge in [-0.1, -0.05) is 67.1 Å². The molecule has 0 aliphatic heterocycles. The quantitative estimate of drug-likeness (QED) is 0.116. The molecular weight excluding hydrogens is 662 g/mol. The molecule has 0 saturated heterocycles. The van der Waals surface area contributed by atoms with Crippen molar-refractivity contribution in [3.63, 3.8) is 0 Å². The molecule has 4 aromatic rings. The third-order valence-corrected chi connectivity index (χ3v) is 9.23. The molecule has 0 aromatic heterocycles. The van der Waals surface area contributed by atoms with Gasteiger partial charge >= 0.3 is 0 Å². The van der Waals surface area contributed by atoms with Crippen LogP contribution in [0.4, 0.5) is 11.4 Å². The maximum absolute atomic E-state index is 14.3. The number of carbonyl (C=O) groups is 6. The third kappa shape index (κ3) is 7.11. The van der Waals surface area contributed by atoms with Crippen LogP contribution in [0.15, 0.2) is 72.8 Å². The van der Waals surface area contributed by atoms with Gasteiger partial charge in [-0.3, -0.25) is 28.8 Å². The molecule has 0 spiro atoms. The van der Waals surface area contributed by atoms with Crippen molar-refractivity contribution in [3.8, 4) is 11.1 Å². The minimum absolute atomic E-state index is 0.00343. The zero-order chi connectivity index (χ0) is 36.8. The molecule has 0 heterocycles. The summed E-state index contributed by atoms with van der Waals surface area (Å²) in [6.45, 7) is 1.62. The Morgan fingerprint density at radius 3 is 1.42 bits per heavy atom. The van der Waals surface area contributed by atoms with E-state index in [4.69, 9.17) is 9.47 Å². The van der Waals surface area contributed by atoms with Gasteiger partial charge in [-0.25, -0.2) is 0 Å². The number of methoxy groups -OCH3 is 2. The van der Waals surface area contributed by atoms with Crippen LogP contribution in [0.5, 0.6) is 0 Å². The first-order valence-electron chi connectivity index (χ1n) is 17.3. The van der Waals surface area contributed by atoms with Crippen LogP contribution in [0.2, 0.25) is 0 Å². The van der Waals surface area contributed by atoms with Crippen molar-refractivity contribution in [3.05, 3.63) is 117 Å². The topological polar surface area (TPSA) is 157 Å². The zero-order valence-corrected chi connectivity index (χ0v) is 29.1. The normalized spacial score (nSPS) is 12.9. The number of ketones is 4. The minimum Gasteiger partial charge on any atom is -0.385 e. The van der Waals surface area contributed by atoms with Crippen LogP contribution < -0.4 is 16.0 Å². The molecule has 2 amide bonds. The summed E-state index contributed by atoms with van der Waals surface area (Å²) in [6.07, 6.45) is 3.11. The molecule has 4 aromatic carbocycles. The highest BCUT2D eigenvalue weighted by molar-refractivity contribution is 6.35. The lowest BCUT2D eigenvalue weighted by atomic mass is 9.75. The van der Waals surface area contributed by atoms with Crippen LogP contribution in [0.3, 0.4) is 0 Å². The van der Waals surface area contributed by atoms with E-state index in [0.717, 1.165) is 12.8 Å². The molecular formula is C41H39N3O8. The molecule has 0 atom stereocenters. The molecule has 2 aliphatic carbocycles. The molecule has 0 fully saturated rings. The monoisotopic (exact) mass is 701 g/mol. The van der Waals surface area contributed by atoms with Crippen LogP contribution in [0.25, 0.3) is 11.1 Å². The molecule has 0 radical (unpaired) electrons. The highest BCUT2D eigenvalue weighted by Crippen LogP contribution is 2.43. The van der Waals surface area contributed by atoms with Crippen LogP contribution in [0.1, 0.15) is 95.8 Å². The second-order valence-electron chi connectivity index (χ2n) is 12.7. The van der Waals surface area contributed by atoms with E-state index in [9.17, 15) is 28.8 Å². The average Bonchev–Trinajstić information content (AvgIpc) is 3.15. The standard InChI is InChI=1S/C41H39N3O8/c1-51-21-9-3-4-15-32(45)43-30-18-16-24(34-36(30)40(49)28-13-7-5-11-26(28)38(34)47)25-17-19-31(44-33(46)23-42-20-10-22-52-2)37-35(25)39(48)27-12-6-8-14-29(27)41(37)50/h5-8,11-14,16-19,42H,3-4,9-10,15,20-23H2,1-2H3,(H,43,45)(H,44,46). The summed E-state index contributed by atoms with van der Waals surface area (Å²) < 4.78 is 10.1. The van der Waals surface area contributed by atoms with Crippen molar-refractivity contribution >= 4 is 46.3 Å². The molecule has 6 rings (SSSR count). The smallest absolute Gasteiger partial charge is 0.238 e. The molecule has 0 bridgehead atoms. The molecule has 266 valence electrons. The van der Waals surface area contributed by atoms with Gasteiger partial charge < -0.3 is 25.4 Å². The summed E-state index contributed by atoms with van der Waals surface area (Å²) >= 11 is 0. The van der Waals surface area contributed by atoms with E-state index >= 15 is 0 Å². The SMILES string of the molecule is COCCCCCC(=O)Nc1ccc(-c2ccc(NC(=O)CNCCCOC)c3c2C(=O)c2ccccc2C3=O)c2c1C(=O)c1ccccc1C2=O. The maximum atomic E-state index is 14.3. The van der Waals surface area contributed by atoms with Gasteiger partial charge in [0.25, 0.3) is 0 Å². The Bertz CT molecular complexity index is 1950. The fourth-order valence-corrected chi connectivity index (χ4v) is 6.76. The van der Waals surface area contributed by atoms with E-state index in [-0.39, 0.29) is 85.9 Å². The molecule has 11 nitrogen and oxygen atoms in total. The summed E-state index contributed by atoms with van der Waals surface area (Å²) in [5.41, 5.74) is 1.58. The number of hydrogen-bond donors (Lipinski definition) is 3. The Hall–Kier alpha value is -5.62. The molecule has 0 saturated carbocycles. The van der Waals surface area contributed by atoms with E-state index < -0.39 is 29.0 Å². The predicted octanol–water partition coefficient (Wildman–Crippen LogP) is 5.61. The van der Waals surface area contributed by atoms with Gasteiger partial charge in [-0.05, 0) is 49.1 Å². The van der Waals surface area contributed by atoms with Crippen LogP contribution in [-0.2, 0) is 19.1 Å². The van der Waals surface area contributed by atoms with E-state index in [2.05, 4.69) is 16.0 Å². The van der Waals surface area contributed by atoms with Crippen molar-refractivity contribution in [2.24, 2.45) is 0 Å². The van der Waals surface area contributed by atoms with E-state index in [1.54, 1.807) is 80.9 Å². The number of benzene rings is 4. The number of amides is 2. The van der Waals surface area contributed by atoms with Crippen LogP contribution in [-0.4, -0.2) is 75.5 Å². The molecule has 2 aliphatic rings. The summed E-state index contributed by atoms with van der Waals surface area (Å²) in [7, 11) is 3.22. The lowest BCUT2D eigenvalue weighted by molar-refractivity contribution is -0.116. The average molecular weight is 702 g/mol. The Morgan fingerprint density at radius 2 is 0.942 bits per heavy atom. The van der Waals surface area contributed by atoms with Gasteiger partial charge in [0.15, 0.2) is 23.1 Å². The zero-order valence-electron chi connectivity index (χ0n) is 29.1. The van der Waals surface area contributed by atoms with Crippen molar-refractivity contribution < 1.29 is 38.2 Å². The van der Waals surface area contributed by atoms with Crippen molar-refractivity contribution in [1.29, 1.82) is 0 Å². The first-order valence-corrected chi connectivity index (χ1v) is 17.3. The maximum Gasteiger partial charge on any atom is 0.238 e. The number of nitrogens with one attached hydrogen (secondary N) is 3. The Morgan fingerprint density at radius 1 is 0.500 bits per heavy atom. The molecule has 0 unspecified atom stereocenters. The fraction of sp³-hybridized carbons (Fsp3) is 0.268. The second-order valence-corrected chi connectivity index (χ2v) is 12.7. The minimum atomic E-state index is -0.469. The number of fused-ring (bicyclic) bond motifs is 4. The van der Waals surface area contributed by atoms with Crippen molar-refractivity contribution in [1.82, 2.24) is 5.32 Å². The molecule has 11 heteroatoms. The van der Waals surface area contributed by atoms with E-state index in [1.807, 2.05) is 0 Å². The number of carbonyl (C=O) groups excluding carboxylic acids is 6. The van der Waals surface area contributed by atoms with Crippen LogP contribution >= 0.6 is 0 Å². The number of unbranched alkanes of at least 4 members (excludes halogenated alkanes) is 2. The molecule has 3 N–H and O–H groups in total. The largest absolute Gasteiger partial charge is 0.385 e. The van der Waals surface area contributed by atoms with Gasteiger partial charge in [0, 0.05) is 67.2 Å². The van der Waals surface area contributed by atoms with Gasteiger partial charge in [0.1, 0.15) is 0 Å². The highest BCUT2D eigenvalue weighted by atomic mass is 16.5. The van der Waals surface area contributed by atoms with Gasteiger partial charge in [0.05, 0.1) is 29.0 Å². The number of anilines is 2. The summed E-state index contributed by atoms with van der Waals surface area (Å²) in [5.74, 6) is -2.58. The summed E-state index contributed by atoms with van der Waals surface area (Å²) in [6, 6.07) is 19.1. The summed E-state index contributed by atoms with van der Waals surface area (Å²) in [4.78, 5) is 83.1. The lowest BCUT2D eigenvalue weighted by Crippen LogP contribution is -2.31. The Labute approximate surface area is 301 Å². The molecule has 52 heavy (non-hydrogen) atoms. The van der Waals surface area contributed by atoms with Crippen molar-refractivity contribution in [2.45, 2.75) is 32.1 Å². The van der Waals surface area contributed by atoms with E-state index in [1.165, 1.54) is 6.07 Å². The number of rotatable bonds is 15. The number of hydrogen-bond acceptors (Lipinski definition) is 9. The third-order valence-electron chi connectivity index (χ3n) is 9.23. The predicted molar refractivity (Wildman–Crippen MR) is 195 cm³/mol. The van der Waals surface area contributed by atoms with E-state index in [0.29, 0.717) is 32.6 Å². The summed E-state index contributed by atoms with van der Waals surface area (Å²) in [5, 5.41) is 8.67. The highest BCUT2D eigenvalue weighted by Gasteiger charge is 2.38. The second kappa shape index (κ2) is 16.2. The number of ether oxygens (including phenoxy) is 2. The van der Waals surface area contributed by atoms with Gasteiger partial charge in [-0.15, -0.1) is 0 Å².